The Morgan fingerprint density at radius 3 is 1.97 bits per heavy atom. The zero-order chi connectivity index (χ0) is 22.7. The van der Waals surface area contributed by atoms with E-state index in [0.717, 1.165) is 12.8 Å². The molecule has 0 heterocycles. The highest BCUT2D eigenvalue weighted by molar-refractivity contribution is 5.24. The summed E-state index contributed by atoms with van der Waals surface area (Å²) >= 11 is 0. The van der Waals surface area contributed by atoms with Gasteiger partial charge in [-0.2, -0.15) is 0 Å². The summed E-state index contributed by atoms with van der Waals surface area (Å²) in [5.41, 5.74) is 1.68. The van der Waals surface area contributed by atoms with Crippen LogP contribution in [0.25, 0.3) is 0 Å². The zero-order valence-electron chi connectivity index (χ0n) is 17.8. The summed E-state index contributed by atoms with van der Waals surface area (Å²) in [7, 11) is 0. The van der Waals surface area contributed by atoms with Crippen LogP contribution >= 0.6 is 0 Å². The van der Waals surface area contributed by atoms with Gasteiger partial charge in [-0.3, -0.25) is 0 Å². The summed E-state index contributed by atoms with van der Waals surface area (Å²) in [4.78, 5) is 16.0. The Balaban J connectivity index is 0. The number of hydrogen-bond donors (Lipinski definition) is 1. The maximum Gasteiger partial charge on any atom is 0.126 e. The first kappa shape index (κ1) is 28.6. The number of aryl methyl sites for hydroxylation is 1. The van der Waals surface area contributed by atoms with Crippen molar-refractivity contribution in [1.29, 1.82) is 0 Å². The summed E-state index contributed by atoms with van der Waals surface area (Å²) < 4.78 is 26.5. The molecule has 1 atom stereocenters. The number of benzene rings is 2. The molecule has 5 heteroatoms. The number of phenolic OH excluding ortho intramolecular Hbond substituents is 1. The minimum absolute atomic E-state index is 0.104. The molecule has 0 aromatic heterocycles. The molecule has 0 aliphatic heterocycles. The Bertz CT molecular complexity index is 622. The number of hydrogen-bond acceptors (Lipinski definition) is 3. The van der Waals surface area contributed by atoms with Crippen LogP contribution in [0.1, 0.15) is 69.4 Å². The molecule has 162 valence electrons. The van der Waals surface area contributed by atoms with Gasteiger partial charge < -0.3 is 14.7 Å². The minimum atomic E-state index is -0.348. The SMILES string of the molecule is C=O.C=O.CCCCCCCC(C)c1cc(F)ccc1F.Cc1ccc(O)cc1. The fourth-order valence-corrected chi connectivity index (χ4v) is 2.65. The van der Waals surface area contributed by atoms with Crippen LogP contribution in [0, 0.1) is 18.6 Å². The van der Waals surface area contributed by atoms with E-state index in [1.54, 1.807) is 12.1 Å². The molecule has 29 heavy (non-hydrogen) atoms. The zero-order valence-corrected chi connectivity index (χ0v) is 17.8. The molecule has 0 aliphatic rings. The molecule has 2 aromatic rings. The van der Waals surface area contributed by atoms with Crippen LogP contribution in [0.5, 0.6) is 5.75 Å². The molecule has 0 amide bonds. The summed E-state index contributed by atoms with van der Waals surface area (Å²) in [6, 6.07) is 10.8. The third-order valence-electron chi connectivity index (χ3n) is 4.26. The highest BCUT2D eigenvalue weighted by atomic mass is 19.1. The van der Waals surface area contributed by atoms with E-state index >= 15 is 0 Å². The molecule has 0 bridgehead atoms. The lowest BCUT2D eigenvalue weighted by Gasteiger charge is -2.12. The van der Waals surface area contributed by atoms with Gasteiger partial charge in [-0.15, -0.1) is 0 Å². The van der Waals surface area contributed by atoms with Crippen LogP contribution in [0.15, 0.2) is 42.5 Å². The fraction of sp³-hybridized carbons (Fsp3) is 0.417. The van der Waals surface area contributed by atoms with Crippen molar-refractivity contribution >= 4 is 13.6 Å². The molecule has 1 N–H and O–H groups in total. The van der Waals surface area contributed by atoms with Gasteiger partial charge in [0.15, 0.2) is 0 Å². The number of carbonyl (C=O) groups is 2. The van der Waals surface area contributed by atoms with Crippen molar-refractivity contribution in [3.63, 3.8) is 0 Å². The Hall–Kier alpha value is -2.56. The average Bonchev–Trinajstić information content (AvgIpc) is 2.75. The second-order valence-corrected chi connectivity index (χ2v) is 6.61. The molecule has 0 radical (unpaired) electrons. The minimum Gasteiger partial charge on any atom is -0.508 e. The Morgan fingerprint density at radius 2 is 1.45 bits per heavy atom. The van der Waals surface area contributed by atoms with Crippen molar-refractivity contribution in [1.82, 2.24) is 0 Å². The first-order valence-corrected chi connectivity index (χ1v) is 9.72. The van der Waals surface area contributed by atoms with E-state index < -0.39 is 0 Å². The van der Waals surface area contributed by atoms with E-state index in [2.05, 4.69) is 6.92 Å². The number of rotatable bonds is 7. The Labute approximate surface area is 173 Å². The molecular formula is C24H34F2O3. The molecule has 2 aromatic carbocycles. The van der Waals surface area contributed by atoms with Crippen molar-refractivity contribution in [2.24, 2.45) is 0 Å². The standard InChI is InChI=1S/C15H22F2.C7H8O.2CH2O/c1-3-4-5-6-7-8-12(2)14-11-13(16)9-10-15(14)17;1-6-2-4-7(8)5-3-6;2*1-2/h9-12H,3-8H2,1-2H3;2-5,8H,1H3;2*1H2. The van der Waals surface area contributed by atoms with Crippen molar-refractivity contribution < 1.29 is 23.5 Å². The molecule has 3 nitrogen and oxygen atoms in total. The molecule has 0 aliphatic carbocycles. The van der Waals surface area contributed by atoms with E-state index in [1.807, 2.05) is 39.6 Å². The van der Waals surface area contributed by atoms with Gasteiger partial charge in [-0.05, 0) is 55.2 Å². The molecule has 2 rings (SSSR count). The maximum atomic E-state index is 13.5. The highest BCUT2D eigenvalue weighted by Gasteiger charge is 2.11. The second-order valence-electron chi connectivity index (χ2n) is 6.61. The van der Waals surface area contributed by atoms with Crippen LogP contribution in [-0.2, 0) is 9.59 Å². The van der Waals surface area contributed by atoms with Crippen molar-refractivity contribution in [3.05, 3.63) is 65.2 Å². The van der Waals surface area contributed by atoms with E-state index in [4.69, 9.17) is 14.7 Å². The number of aromatic hydroxyl groups is 1. The fourth-order valence-electron chi connectivity index (χ4n) is 2.65. The van der Waals surface area contributed by atoms with E-state index in [-0.39, 0.29) is 17.6 Å². The van der Waals surface area contributed by atoms with Crippen LogP contribution in [0.4, 0.5) is 8.78 Å². The van der Waals surface area contributed by atoms with Gasteiger partial charge in [0.05, 0.1) is 0 Å². The van der Waals surface area contributed by atoms with Gasteiger partial charge in [0, 0.05) is 0 Å². The Kier molecular flexibility index (Phi) is 18.6. The Morgan fingerprint density at radius 1 is 0.897 bits per heavy atom. The normalized spacial score (nSPS) is 10.2. The smallest absolute Gasteiger partial charge is 0.126 e. The van der Waals surface area contributed by atoms with Crippen LogP contribution < -0.4 is 0 Å². The molecule has 0 saturated carbocycles. The lowest BCUT2D eigenvalue weighted by atomic mass is 9.94. The number of carbonyl (C=O) groups excluding carboxylic acids is 2. The maximum absolute atomic E-state index is 13.5. The largest absolute Gasteiger partial charge is 0.508 e. The van der Waals surface area contributed by atoms with Crippen molar-refractivity contribution in [3.8, 4) is 5.75 Å². The monoisotopic (exact) mass is 408 g/mol. The first-order chi connectivity index (χ1) is 13.9. The van der Waals surface area contributed by atoms with Crippen LogP contribution in [-0.4, -0.2) is 18.7 Å². The lowest BCUT2D eigenvalue weighted by molar-refractivity contribution is -0.0987. The van der Waals surface area contributed by atoms with Gasteiger partial charge >= 0.3 is 0 Å². The summed E-state index contributed by atoms with van der Waals surface area (Å²) in [6.07, 6.45) is 6.96. The van der Waals surface area contributed by atoms with Crippen molar-refractivity contribution in [2.45, 2.75) is 65.2 Å². The molecular weight excluding hydrogens is 374 g/mol. The number of halogens is 2. The van der Waals surface area contributed by atoms with Crippen LogP contribution in [0.2, 0.25) is 0 Å². The average molecular weight is 409 g/mol. The second kappa shape index (κ2) is 18.8. The van der Waals surface area contributed by atoms with Gasteiger partial charge in [-0.25, -0.2) is 8.78 Å². The summed E-state index contributed by atoms with van der Waals surface area (Å²) in [5, 5.41) is 8.76. The molecule has 0 spiro atoms. The summed E-state index contributed by atoms with van der Waals surface area (Å²) in [6.45, 7) is 10.1. The topological polar surface area (TPSA) is 54.4 Å². The van der Waals surface area contributed by atoms with Crippen LogP contribution in [0.3, 0.4) is 0 Å². The van der Waals surface area contributed by atoms with Gasteiger partial charge in [0.1, 0.15) is 31.0 Å². The molecule has 1 unspecified atom stereocenters. The predicted molar refractivity (Wildman–Crippen MR) is 115 cm³/mol. The third-order valence-corrected chi connectivity index (χ3v) is 4.26. The predicted octanol–water partition coefficient (Wildman–Crippen LogP) is 6.76. The number of unbranched alkanes of at least 4 members (excludes halogenated alkanes) is 4. The van der Waals surface area contributed by atoms with Gasteiger partial charge in [-0.1, -0.05) is 63.6 Å². The third kappa shape index (κ3) is 14.1. The van der Waals surface area contributed by atoms with E-state index in [1.165, 1.54) is 49.4 Å². The van der Waals surface area contributed by atoms with Gasteiger partial charge in [0.25, 0.3) is 0 Å². The van der Waals surface area contributed by atoms with E-state index in [0.29, 0.717) is 11.3 Å². The lowest BCUT2D eigenvalue weighted by Crippen LogP contribution is -1.98. The molecule has 0 saturated heterocycles. The quantitative estimate of drug-likeness (QED) is 0.515. The summed E-state index contributed by atoms with van der Waals surface area (Å²) in [5.74, 6) is -0.199. The molecule has 0 fully saturated rings. The highest BCUT2D eigenvalue weighted by Crippen LogP contribution is 2.25. The van der Waals surface area contributed by atoms with Gasteiger partial charge in [0.2, 0.25) is 0 Å². The van der Waals surface area contributed by atoms with Crippen molar-refractivity contribution in [2.75, 3.05) is 0 Å². The van der Waals surface area contributed by atoms with E-state index in [9.17, 15) is 8.78 Å². The number of phenols is 1. The first-order valence-electron chi connectivity index (χ1n) is 9.72.